The molecule has 0 bridgehead atoms. The smallest absolute Gasteiger partial charge is 0.348 e. The van der Waals surface area contributed by atoms with E-state index in [9.17, 15) is 9.59 Å². The number of rotatable bonds is 7. The van der Waals surface area contributed by atoms with Crippen LogP contribution in [-0.4, -0.2) is 47.9 Å². The van der Waals surface area contributed by atoms with E-state index in [1.807, 2.05) is 13.0 Å². The van der Waals surface area contributed by atoms with Crippen molar-refractivity contribution in [2.45, 2.75) is 45.8 Å². The van der Waals surface area contributed by atoms with Crippen LogP contribution >= 0.6 is 0 Å². The lowest BCUT2D eigenvalue weighted by Crippen LogP contribution is -2.35. The molecule has 1 atom stereocenters. The first kappa shape index (κ1) is 17.6. The van der Waals surface area contributed by atoms with Crippen LogP contribution in [0.25, 0.3) is 0 Å². The second-order valence-corrected chi connectivity index (χ2v) is 5.83. The van der Waals surface area contributed by atoms with Gasteiger partial charge in [0.1, 0.15) is 6.61 Å². The summed E-state index contributed by atoms with van der Waals surface area (Å²) in [6.07, 6.45) is 3.35. The SMILES string of the molecule is Cc1cc(C)n(CCNC(=O)COC[C@@H]2CCCCO2)c(=O)n1. The molecule has 23 heavy (non-hydrogen) atoms. The van der Waals surface area contributed by atoms with Crippen molar-refractivity contribution in [3.05, 3.63) is 27.9 Å². The van der Waals surface area contributed by atoms with Gasteiger partial charge in [0.2, 0.25) is 5.91 Å². The zero-order chi connectivity index (χ0) is 16.7. The molecule has 128 valence electrons. The van der Waals surface area contributed by atoms with Gasteiger partial charge in [-0.1, -0.05) is 0 Å². The molecule has 2 rings (SSSR count). The molecule has 7 heteroatoms. The molecule has 0 spiro atoms. The Labute approximate surface area is 136 Å². The number of aromatic nitrogens is 2. The largest absolute Gasteiger partial charge is 0.376 e. The summed E-state index contributed by atoms with van der Waals surface area (Å²) in [5.74, 6) is -0.188. The van der Waals surface area contributed by atoms with Crippen LogP contribution in [0.1, 0.15) is 30.7 Å². The van der Waals surface area contributed by atoms with Crippen molar-refractivity contribution in [2.75, 3.05) is 26.4 Å². The number of ether oxygens (including phenoxy) is 2. The second-order valence-electron chi connectivity index (χ2n) is 5.83. The van der Waals surface area contributed by atoms with E-state index in [0.29, 0.717) is 25.4 Å². The number of hydrogen-bond acceptors (Lipinski definition) is 5. The van der Waals surface area contributed by atoms with E-state index in [4.69, 9.17) is 9.47 Å². The maximum atomic E-state index is 11.8. The Morgan fingerprint density at radius 1 is 1.48 bits per heavy atom. The standard InChI is InChI=1S/C16H25N3O4/c1-12-9-13(2)19(16(21)18-12)7-6-17-15(20)11-22-10-14-5-3-4-8-23-14/h9,14H,3-8,10-11H2,1-2H3,(H,17,20)/t14-/m0/s1. The molecule has 1 N–H and O–H groups in total. The molecule has 1 aromatic heterocycles. The molecule has 1 amide bonds. The van der Waals surface area contributed by atoms with E-state index >= 15 is 0 Å². The Hall–Kier alpha value is -1.73. The molecule has 0 unspecified atom stereocenters. The molecule has 0 aromatic carbocycles. The van der Waals surface area contributed by atoms with Gasteiger partial charge in [-0.3, -0.25) is 9.36 Å². The minimum Gasteiger partial charge on any atom is -0.376 e. The van der Waals surface area contributed by atoms with Gasteiger partial charge in [-0.15, -0.1) is 0 Å². The number of carbonyl (C=O) groups excluding carboxylic acids is 1. The quantitative estimate of drug-likeness (QED) is 0.793. The summed E-state index contributed by atoms with van der Waals surface area (Å²) in [5, 5.41) is 2.75. The monoisotopic (exact) mass is 323 g/mol. The molecular weight excluding hydrogens is 298 g/mol. The average molecular weight is 323 g/mol. The first-order chi connectivity index (χ1) is 11.1. The van der Waals surface area contributed by atoms with E-state index in [2.05, 4.69) is 10.3 Å². The van der Waals surface area contributed by atoms with Crippen LogP contribution in [0.3, 0.4) is 0 Å². The molecule has 1 aromatic rings. The summed E-state index contributed by atoms with van der Waals surface area (Å²) >= 11 is 0. The summed E-state index contributed by atoms with van der Waals surface area (Å²) in [5.41, 5.74) is 1.25. The highest BCUT2D eigenvalue weighted by Crippen LogP contribution is 2.12. The predicted molar refractivity (Wildman–Crippen MR) is 85.4 cm³/mol. The fourth-order valence-corrected chi connectivity index (χ4v) is 2.63. The third-order valence-corrected chi connectivity index (χ3v) is 3.81. The minimum atomic E-state index is -0.289. The predicted octanol–water partition coefficient (Wildman–Crippen LogP) is 0.562. The van der Waals surface area contributed by atoms with Crippen molar-refractivity contribution in [1.82, 2.24) is 14.9 Å². The number of amides is 1. The maximum absolute atomic E-state index is 11.8. The minimum absolute atomic E-state index is 0.0138. The third kappa shape index (κ3) is 5.76. The Kier molecular flexibility index (Phi) is 6.73. The van der Waals surface area contributed by atoms with E-state index in [0.717, 1.165) is 31.6 Å². The van der Waals surface area contributed by atoms with Crippen LogP contribution in [0, 0.1) is 13.8 Å². The maximum Gasteiger partial charge on any atom is 0.348 e. The highest BCUT2D eigenvalue weighted by molar-refractivity contribution is 5.77. The van der Waals surface area contributed by atoms with Crippen molar-refractivity contribution < 1.29 is 14.3 Å². The molecule has 1 saturated heterocycles. The highest BCUT2D eigenvalue weighted by atomic mass is 16.5. The zero-order valence-electron chi connectivity index (χ0n) is 13.8. The lowest BCUT2D eigenvalue weighted by Gasteiger charge is -2.22. The number of carbonyl (C=O) groups is 1. The topological polar surface area (TPSA) is 82.5 Å². The second kappa shape index (κ2) is 8.79. The molecule has 0 radical (unpaired) electrons. The molecule has 1 aliphatic rings. The van der Waals surface area contributed by atoms with Gasteiger partial charge < -0.3 is 14.8 Å². The summed E-state index contributed by atoms with van der Waals surface area (Å²) in [7, 11) is 0. The lowest BCUT2D eigenvalue weighted by atomic mass is 10.1. The normalized spacial score (nSPS) is 17.9. The molecular formula is C16H25N3O4. The van der Waals surface area contributed by atoms with Crippen LogP contribution < -0.4 is 11.0 Å². The Bertz CT molecular complexity index is 579. The Morgan fingerprint density at radius 3 is 3.00 bits per heavy atom. The van der Waals surface area contributed by atoms with Crippen LogP contribution in [0.2, 0.25) is 0 Å². The van der Waals surface area contributed by atoms with Crippen molar-refractivity contribution in [1.29, 1.82) is 0 Å². The van der Waals surface area contributed by atoms with Gasteiger partial charge in [0.25, 0.3) is 0 Å². The highest BCUT2D eigenvalue weighted by Gasteiger charge is 2.14. The zero-order valence-corrected chi connectivity index (χ0v) is 13.8. The van der Waals surface area contributed by atoms with Gasteiger partial charge >= 0.3 is 5.69 Å². The van der Waals surface area contributed by atoms with Crippen LogP contribution in [0.5, 0.6) is 0 Å². The number of hydrogen-bond donors (Lipinski definition) is 1. The lowest BCUT2D eigenvalue weighted by molar-refractivity contribution is -0.127. The number of nitrogens with one attached hydrogen (secondary N) is 1. The fourth-order valence-electron chi connectivity index (χ4n) is 2.63. The van der Waals surface area contributed by atoms with Crippen molar-refractivity contribution in [2.24, 2.45) is 0 Å². The summed E-state index contributed by atoms with van der Waals surface area (Å²) in [6.45, 7) is 5.65. The van der Waals surface area contributed by atoms with Crippen LogP contribution in [-0.2, 0) is 20.8 Å². The first-order valence-corrected chi connectivity index (χ1v) is 8.07. The molecule has 2 heterocycles. The average Bonchev–Trinajstić information content (AvgIpc) is 2.51. The van der Waals surface area contributed by atoms with Gasteiger partial charge in [0, 0.05) is 31.1 Å². The Morgan fingerprint density at radius 2 is 2.30 bits per heavy atom. The third-order valence-electron chi connectivity index (χ3n) is 3.81. The van der Waals surface area contributed by atoms with Gasteiger partial charge in [0.05, 0.1) is 12.7 Å². The molecule has 0 aliphatic carbocycles. The van der Waals surface area contributed by atoms with Crippen molar-refractivity contribution in [3.63, 3.8) is 0 Å². The van der Waals surface area contributed by atoms with Crippen LogP contribution in [0.4, 0.5) is 0 Å². The first-order valence-electron chi connectivity index (χ1n) is 8.07. The number of nitrogens with zero attached hydrogens (tertiary/aromatic N) is 2. The van der Waals surface area contributed by atoms with Gasteiger partial charge in [-0.2, -0.15) is 4.98 Å². The van der Waals surface area contributed by atoms with E-state index in [1.54, 1.807) is 11.5 Å². The summed E-state index contributed by atoms with van der Waals surface area (Å²) in [6, 6.07) is 1.84. The van der Waals surface area contributed by atoms with E-state index in [1.165, 1.54) is 0 Å². The van der Waals surface area contributed by atoms with Crippen LogP contribution in [0.15, 0.2) is 10.9 Å². The van der Waals surface area contributed by atoms with E-state index < -0.39 is 0 Å². The molecule has 0 saturated carbocycles. The van der Waals surface area contributed by atoms with E-state index in [-0.39, 0.29) is 24.3 Å². The summed E-state index contributed by atoms with van der Waals surface area (Å²) < 4.78 is 12.5. The summed E-state index contributed by atoms with van der Waals surface area (Å²) in [4.78, 5) is 27.4. The molecule has 1 fully saturated rings. The van der Waals surface area contributed by atoms with Gasteiger partial charge in [0.15, 0.2) is 0 Å². The van der Waals surface area contributed by atoms with Crippen molar-refractivity contribution >= 4 is 5.91 Å². The van der Waals surface area contributed by atoms with Gasteiger partial charge in [-0.05, 0) is 39.2 Å². The Balaban J connectivity index is 1.66. The number of aryl methyl sites for hydroxylation is 2. The fraction of sp³-hybridized carbons (Fsp3) is 0.688. The van der Waals surface area contributed by atoms with Crippen molar-refractivity contribution in [3.8, 4) is 0 Å². The van der Waals surface area contributed by atoms with Gasteiger partial charge in [-0.25, -0.2) is 4.79 Å². The molecule has 1 aliphatic heterocycles. The molecule has 7 nitrogen and oxygen atoms in total.